The zero-order valence-electron chi connectivity index (χ0n) is 18.7. The SMILES string of the molecule is CC(C)c1c(Cc2ccc(S(=O)(=O)C(C)C)nc2)c2ncccc2n1C/C(F)=C/CN.Cl. The number of pyridine rings is 2. The number of rotatable bonds is 8. The molecule has 3 rings (SSSR count). The van der Waals surface area contributed by atoms with Gasteiger partial charge in [-0.25, -0.2) is 17.8 Å². The van der Waals surface area contributed by atoms with Crippen molar-refractivity contribution in [2.45, 2.75) is 56.9 Å². The van der Waals surface area contributed by atoms with Crippen LogP contribution in [0.4, 0.5) is 4.39 Å². The van der Waals surface area contributed by atoms with Crippen LogP contribution >= 0.6 is 12.4 Å². The van der Waals surface area contributed by atoms with Crippen molar-refractivity contribution in [2.75, 3.05) is 6.54 Å². The third-order valence-corrected chi connectivity index (χ3v) is 7.31. The highest BCUT2D eigenvalue weighted by molar-refractivity contribution is 7.91. The van der Waals surface area contributed by atoms with Gasteiger partial charge in [-0.3, -0.25) is 4.98 Å². The predicted molar refractivity (Wildman–Crippen MR) is 129 cm³/mol. The first kappa shape index (κ1) is 26.0. The third-order valence-electron chi connectivity index (χ3n) is 5.25. The number of hydrogen-bond donors (Lipinski definition) is 1. The van der Waals surface area contributed by atoms with Gasteiger partial charge in [0.05, 0.1) is 22.8 Å². The monoisotopic (exact) mass is 480 g/mol. The number of halogens is 2. The van der Waals surface area contributed by atoms with Gasteiger partial charge in [-0.1, -0.05) is 19.9 Å². The molecule has 2 N–H and O–H groups in total. The van der Waals surface area contributed by atoms with Gasteiger partial charge in [0.15, 0.2) is 14.9 Å². The van der Waals surface area contributed by atoms with Gasteiger partial charge >= 0.3 is 0 Å². The van der Waals surface area contributed by atoms with E-state index in [4.69, 9.17) is 5.73 Å². The molecule has 0 aliphatic rings. The number of fused-ring (bicyclic) bond motifs is 1. The van der Waals surface area contributed by atoms with E-state index >= 15 is 0 Å². The number of sulfone groups is 1. The second-order valence-electron chi connectivity index (χ2n) is 8.14. The minimum atomic E-state index is -3.42. The van der Waals surface area contributed by atoms with Crippen LogP contribution < -0.4 is 5.73 Å². The van der Waals surface area contributed by atoms with Crippen molar-refractivity contribution in [3.05, 3.63) is 65.4 Å². The Kier molecular flexibility index (Phi) is 8.56. The van der Waals surface area contributed by atoms with Crippen LogP contribution in [0.3, 0.4) is 0 Å². The van der Waals surface area contributed by atoms with Crippen LogP contribution in [-0.2, 0) is 22.8 Å². The van der Waals surface area contributed by atoms with Crippen LogP contribution in [0, 0.1) is 0 Å². The lowest BCUT2D eigenvalue weighted by atomic mass is 9.99. The summed E-state index contributed by atoms with van der Waals surface area (Å²) in [6.07, 6.45) is 5.22. The molecule has 0 aromatic carbocycles. The number of aromatic nitrogens is 3. The topological polar surface area (TPSA) is 90.9 Å². The molecule has 174 valence electrons. The van der Waals surface area contributed by atoms with Gasteiger partial charge in [0.25, 0.3) is 0 Å². The molecule has 3 heterocycles. The molecule has 0 spiro atoms. The minimum Gasteiger partial charge on any atom is -0.336 e. The van der Waals surface area contributed by atoms with E-state index in [0.717, 1.165) is 27.9 Å². The van der Waals surface area contributed by atoms with Crippen molar-refractivity contribution < 1.29 is 12.8 Å². The Hall–Kier alpha value is -2.29. The first-order chi connectivity index (χ1) is 14.7. The Morgan fingerprint density at radius 3 is 2.47 bits per heavy atom. The molecule has 32 heavy (non-hydrogen) atoms. The number of hydrogen-bond acceptors (Lipinski definition) is 5. The standard InChI is InChI=1S/C23H29FN4O2S.ClH/c1-15(2)23-19(12-17-7-8-21(27-13-17)31(29,30)16(3)4)22-20(6-5-11-26-22)28(23)14-18(24)9-10-25;/h5-9,11,13,15-16H,10,12,14,25H2,1-4H3;1H/b18-9-;. The molecule has 0 unspecified atom stereocenters. The molecule has 0 atom stereocenters. The van der Waals surface area contributed by atoms with Crippen molar-refractivity contribution in [2.24, 2.45) is 5.73 Å². The van der Waals surface area contributed by atoms with E-state index in [-0.39, 0.29) is 42.3 Å². The zero-order valence-corrected chi connectivity index (χ0v) is 20.4. The normalized spacial score (nSPS) is 12.6. The van der Waals surface area contributed by atoms with E-state index in [1.165, 1.54) is 6.08 Å². The summed E-state index contributed by atoms with van der Waals surface area (Å²) in [6.45, 7) is 7.64. The fraction of sp³-hybridized carbons (Fsp3) is 0.391. The summed E-state index contributed by atoms with van der Waals surface area (Å²) in [5.74, 6) is -0.162. The number of allylic oxidation sites excluding steroid dienone is 1. The fourth-order valence-electron chi connectivity index (χ4n) is 3.74. The molecular weight excluding hydrogens is 451 g/mol. The molecular formula is C23H30ClFN4O2S. The summed E-state index contributed by atoms with van der Waals surface area (Å²) in [5.41, 5.74) is 10.00. The Bertz CT molecular complexity index is 1200. The summed E-state index contributed by atoms with van der Waals surface area (Å²) in [5, 5.41) is -0.457. The second kappa shape index (κ2) is 10.6. The number of nitrogens with two attached hydrogens (primary N) is 1. The quantitative estimate of drug-likeness (QED) is 0.510. The average molecular weight is 481 g/mol. The van der Waals surface area contributed by atoms with Crippen molar-refractivity contribution in [3.8, 4) is 0 Å². The summed E-state index contributed by atoms with van der Waals surface area (Å²) in [4.78, 5) is 8.77. The van der Waals surface area contributed by atoms with Gasteiger partial charge in [-0.05, 0) is 49.6 Å². The zero-order chi connectivity index (χ0) is 22.8. The van der Waals surface area contributed by atoms with Crippen molar-refractivity contribution in [1.82, 2.24) is 14.5 Å². The molecule has 9 heteroatoms. The van der Waals surface area contributed by atoms with Gasteiger partial charge in [0.1, 0.15) is 5.83 Å². The first-order valence-electron chi connectivity index (χ1n) is 10.4. The molecule has 3 aromatic rings. The lowest BCUT2D eigenvalue weighted by molar-refractivity contribution is 0.544. The minimum absolute atomic E-state index is 0. The van der Waals surface area contributed by atoms with E-state index in [0.29, 0.717) is 6.42 Å². The molecule has 0 saturated carbocycles. The van der Waals surface area contributed by atoms with E-state index in [1.807, 2.05) is 16.7 Å². The van der Waals surface area contributed by atoms with Gasteiger partial charge in [0.2, 0.25) is 0 Å². The molecule has 0 fully saturated rings. The van der Waals surface area contributed by atoms with Crippen LogP contribution in [0.5, 0.6) is 0 Å². The molecule has 0 aliphatic heterocycles. The van der Waals surface area contributed by atoms with Crippen LogP contribution in [0.2, 0.25) is 0 Å². The van der Waals surface area contributed by atoms with Gasteiger partial charge in [-0.2, -0.15) is 0 Å². The molecule has 0 saturated heterocycles. The van der Waals surface area contributed by atoms with Crippen molar-refractivity contribution in [1.29, 1.82) is 0 Å². The Labute approximate surface area is 195 Å². The second-order valence-corrected chi connectivity index (χ2v) is 10.6. The Morgan fingerprint density at radius 2 is 1.91 bits per heavy atom. The number of nitrogens with zero attached hydrogens (tertiary/aromatic N) is 3. The van der Waals surface area contributed by atoms with Crippen LogP contribution in [0.25, 0.3) is 11.0 Å². The average Bonchev–Trinajstić information content (AvgIpc) is 3.02. The molecule has 6 nitrogen and oxygen atoms in total. The van der Waals surface area contributed by atoms with Gasteiger partial charge in [-0.15, -0.1) is 12.4 Å². The molecule has 0 aliphatic carbocycles. The van der Waals surface area contributed by atoms with Crippen molar-refractivity contribution in [3.63, 3.8) is 0 Å². The van der Waals surface area contributed by atoms with Gasteiger partial charge in [0, 0.05) is 36.6 Å². The van der Waals surface area contributed by atoms with E-state index in [9.17, 15) is 12.8 Å². The smallest absolute Gasteiger partial charge is 0.197 e. The van der Waals surface area contributed by atoms with E-state index in [1.54, 1.807) is 38.4 Å². The molecule has 3 aromatic heterocycles. The highest BCUT2D eigenvalue weighted by Crippen LogP contribution is 2.32. The lowest BCUT2D eigenvalue weighted by Gasteiger charge is -2.15. The highest BCUT2D eigenvalue weighted by Gasteiger charge is 2.23. The lowest BCUT2D eigenvalue weighted by Crippen LogP contribution is -2.15. The summed E-state index contributed by atoms with van der Waals surface area (Å²) in [6, 6.07) is 7.11. The van der Waals surface area contributed by atoms with Gasteiger partial charge < -0.3 is 10.3 Å². The molecule has 0 amide bonds. The Balaban J connectivity index is 0.00000363. The largest absolute Gasteiger partial charge is 0.336 e. The highest BCUT2D eigenvalue weighted by atomic mass is 35.5. The third kappa shape index (κ3) is 5.19. The van der Waals surface area contributed by atoms with Crippen LogP contribution in [-0.4, -0.2) is 34.7 Å². The van der Waals surface area contributed by atoms with Crippen LogP contribution in [0.1, 0.15) is 50.4 Å². The predicted octanol–water partition coefficient (Wildman–Crippen LogP) is 4.56. The Morgan fingerprint density at radius 1 is 1.19 bits per heavy atom. The fourth-order valence-corrected chi connectivity index (χ4v) is 4.68. The molecule has 0 bridgehead atoms. The maximum Gasteiger partial charge on any atom is 0.197 e. The first-order valence-corrected chi connectivity index (χ1v) is 11.9. The molecule has 0 radical (unpaired) electrons. The van der Waals surface area contributed by atoms with Crippen LogP contribution in [0.15, 0.2) is 53.6 Å². The van der Waals surface area contributed by atoms with Crippen molar-refractivity contribution >= 4 is 33.3 Å². The maximum absolute atomic E-state index is 14.4. The van der Waals surface area contributed by atoms with E-state index in [2.05, 4.69) is 23.8 Å². The summed E-state index contributed by atoms with van der Waals surface area (Å²) < 4.78 is 41.1. The summed E-state index contributed by atoms with van der Waals surface area (Å²) in [7, 11) is -3.42. The van der Waals surface area contributed by atoms with E-state index < -0.39 is 15.1 Å². The summed E-state index contributed by atoms with van der Waals surface area (Å²) >= 11 is 0. The maximum atomic E-state index is 14.4.